The fraction of sp³-hybridized carbons (Fsp3) is 0.571. The predicted molar refractivity (Wildman–Crippen MR) is 122 cm³/mol. The van der Waals surface area contributed by atoms with Crippen molar-refractivity contribution in [1.29, 1.82) is 0 Å². The highest BCUT2D eigenvalue weighted by Gasteiger charge is 2.51. The average molecular weight is 423 g/mol. The van der Waals surface area contributed by atoms with E-state index >= 15 is 0 Å². The van der Waals surface area contributed by atoms with Crippen LogP contribution in [0.2, 0.25) is 0 Å². The van der Waals surface area contributed by atoms with Crippen LogP contribution in [-0.4, -0.2) is 18.9 Å². The molecule has 0 saturated heterocycles. The molecule has 0 radical (unpaired) electrons. The third-order valence-electron chi connectivity index (χ3n) is 8.18. The minimum absolute atomic E-state index is 0.102. The normalized spacial score (nSPS) is 34.4. The second-order valence-corrected chi connectivity index (χ2v) is 9.96. The fourth-order valence-electron chi connectivity index (χ4n) is 6.99. The molecule has 0 spiro atoms. The predicted octanol–water partition coefficient (Wildman–Crippen LogP) is 6.72. The molecule has 2 saturated carbocycles. The number of hydrogen-bond donors (Lipinski definition) is 0. The van der Waals surface area contributed by atoms with Crippen LogP contribution in [0.5, 0.6) is 5.75 Å². The van der Waals surface area contributed by atoms with E-state index in [1.165, 1.54) is 29.5 Å². The van der Waals surface area contributed by atoms with E-state index in [4.69, 9.17) is 9.47 Å². The zero-order valence-electron chi connectivity index (χ0n) is 18.8. The van der Waals surface area contributed by atoms with Crippen molar-refractivity contribution in [3.8, 4) is 5.75 Å². The molecule has 1 unspecified atom stereocenters. The zero-order chi connectivity index (χ0) is 21.4. The lowest BCUT2D eigenvalue weighted by Crippen LogP contribution is -2.50. The monoisotopic (exact) mass is 422 g/mol. The van der Waals surface area contributed by atoms with E-state index in [1.54, 1.807) is 0 Å². The van der Waals surface area contributed by atoms with Gasteiger partial charge in [0, 0.05) is 13.0 Å². The summed E-state index contributed by atoms with van der Waals surface area (Å²) in [5.41, 5.74) is 4.11. The summed E-state index contributed by atoms with van der Waals surface area (Å²) in [5.74, 6) is 3.65. The Morgan fingerprint density at radius 2 is 1.84 bits per heavy atom. The highest BCUT2D eigenvalue weighted by Crippen LogP contribution is 2.57. The summed E-state index contributed by atoms with van der Waals surface area (Å²) < 4.78 is 26.8. The van der Waals surface area contributed by atoms with Gasteiger partial charge in [0.25, 0.3) is 0 Å². The molecule has 0 N–H and O–H groups in total. The Balaban J connectivity index is 1.35. The molecule has 2 aromatic carbocycles. The molecule has 0 heterocycles. The maximum absolute atomic E-state index is 14.7. The number of alkyl halides is 1. The lowest BCUT2D eigenvalue weighted by Gasteiger charge is -2.54. The molecular formula is C28H35FO2. The Bertz CT molecular complexity index is 882. The van der Waals surface area contributed by atoms with Crippen molar-refractivity contribution in [2.24, 2.45) is 23.7 Å². The van der Waals surface area contributed by atoms with Gasteiger partial charge in [0.2, 0.25) is 0 Å². The standard InChI is InChI=1S/C28H35FO2/c1-3-30-27-16-21(29)15-26-24-11-9-20-14-22(31-17-19-7-5-4-6-8-19)10-12-23(20)25(24)13-18(2)28(26)27/h4-8,10,12,14,18,21,24-28H,3,9,11,13,15-17H2,1-2H3/t18-,21+,24-,25-,26+,27-,28?/m1/s1. The van der Waals surface area contributed by atoms with Gasteiger partial charge >= 0.3 is 0 Å². The molecule has 3 aliphatic carbocycles. The molecule has 31 heavy (non-hydrogen) atoms. The first kappa shape index (κ1) is 21.0. The van der Waals surface area contributed by atoms with E-state index in [9.17, 15) is 4.39 Å². The van der Waals surface area contributed by atoms with E-state index in [0.717, 1.165) is 18.6 Å². The molecular weight excluding hydrogens is 387 g/mol. The van der Waals surface area contributed by atoms with Crippen LogP contribution < -0.4 is 4.74 Å². The molecule has 166 valence electrons. The lowest BCUT2D eigenvalue weighted by atomic mass is 9.53. The first-order valence-electron chi connectivity index (χ1n) is 12.2. The number of hydrogen-bond acceptors (Lipinski definition) is 2. The van der Waals surface area contributed by atoms with Crippen molar-refractivity contribution in [2.45, 2.75) is 70.8 Å². The van der Waals surface area contributed by atoms with Gasteiger partial charge in [-0.3, -0.25) is 0 Å². The molecule has 5 rings (SSSR count). The van der Waals surface area contributed by atoms with Crippen LogP contribution in [0, 0.1) is 23.7 Å². The SMILES string of the molecule is CCO[C@@H]1C[C@@H](F)C[C@@H]2C1[C@H](C)C[C@@H]1c3ccc(OCc4ccccc4)cc3CC[C@H]12. The largest absolute Gasteiger partial charge is 0.489 e. The van der Waals surface area contributed by atoms with Crippen molar-refractivity contribution in [3.05, 3.63) is 65.2 Å². The first-order valence-corrected chi connectivity index (χ1v) is 12.2. The summed E-state index contributed by atoms with van der Waals surface area (Å²) in [7, 11) is 0. The zero-order valence-corrected chi connectivity index (χ0v) is 18.8. The topological polar surface area (TPSA) is 18.5 Å². The minimum Gasteiger partial charge on any atom is -0.489 e. The van der Waals surface area contributed by atoms with Gasteiger partial charge in [-0.25, -0.2) is 4.39 Å². The molecule has 2 fully saturated rings. The molecule has 0 aliphatic heterocycles. The van der Waals surface area contributed by atoms with Gasteiger partial charge in [-0.05, 0) is 91.0 Å². The number of rotatable bonds is 5. The van der Waals surface area contributed by atoms with E-state index in [2.05, 4.69) is 37.3 Å². The number of aryl methyl sites for hydroxylation is 1. The number of halogens is 1. The van der Waals surface area contributed by atoms with E-state index in [-0.39, 0.29) is 6.10 Å². The van der Waals surface area contributed by atoms with Gasteiger partial charge in [-0.2, -0.15) is 0 Å². The molecule has 2 nitrogen and oxygen atoms in total. The van der Waals surface area contributed by atoms with Crippen LogP contribution >= 0.6 is 0 Å². The van der Waals surface area contributed by atoms with E-state index in [1.807, 2.05) is 25.1 Å². The number of ether oxygens (including phenoxy) is 2. The van der Waals surface area contributed by atoms with Gasteiger partial charge in [0.05, 0.1) is 6.10 Å². The molecule has 3 heteroatoms. The molecule has 0 aromatic heterocycles. The van der Waals surface area contributed by atoms with Crippen LogP contribution in [0.3, 0.4) is 0 Å². The van der Waals surface area contributed by atoms with Crippen molar-refractivity contribution in [1.82, 2.24) is 0 Å². The van der Waals surface area contributed by atoms with Crippen LogP contribution in [-0.2, 0) is 17.8 Å². The number of benzene rings is 2. The Morgan fingerprint density at radius 1 is 1.00 bits per heavy atom. The van der Waals surface area contributed by atoms with Crippen molar-refractivity contribution < 1.29 is 13.9 Å². The smallest absolute Gasteiger partial charge is 0.120 e. The van der Waals surface area contributed by atoms with Gasteiger partial charge in [0.1, 0.15) is 18.5 Å². The maximum atomic E-state index is 14.7. The molecule has 3 aliphatic rings. The Morgan fingerprint density at radius 3 is 2.65 bits per heavy atom. The quantitative estimate of drug-likeness (QED) is 0.532. The van der Waals surface area contributed by atoms with Gasteiger partial charge in [-0.15, -0.1) is 0 Å². The van der Waals surface area contributed by atoms with Crippen molar-refractivity contribution >= 4 is 0 Å². The summed E-state index contributed by atoms with van der Waals surface area (Å²) >= 11 is 0. The van der Waals surface area contributed by atoms with Crippen molar-refractivity contribution in [2.75, 3.05) is 6.61 Å². The van der Waals surface area contributed by atoms with E-state index in [0.29, 0.717) is 49.2 Å². The summed E-state index contributed by atoms with van der Waals surface area (Å²) in [5, 5.41) is 0. The Hall–Kier alpha value is -1.87. The Labute approximate surface area is 186 Å². The van der Waals surface area contributed by atoms with E-state index < -0.39 is 6.17 Å². The van der Waals surface area contributed by atoms with Crippen LogP contribution in [0.15, 0.2) is 48.5 Å². The molecule has 2 aromatic rings. The van der Waals surface area contributed by atoms with Crippen LogP contribution in [0.1, 0.15) is 62.1 Å². The highest BCUT2D eigenvalue weighted by molar-refractivity contribution is 5.40. The van der Waals surface area contributed by atoms with Crippen LogP contribution in [0.4, 0.5) is 4.39 Å². The van der Waals surface area contributed by atoms with Crippen molar-refractivity contribution in [3.63, 3.8) is 0 Å². The third kappa shape index (κ3) is 4.14. The fourth-order valence-corrected chi connectivity index (χ4v) is 6.99. The minimum atomic E-state index is -0.709. The van der Waals surface area contributed by atoms with Gasteiger partial charge in [-0.1, -0.05) is 43.3 Å². The average Bonchev–Trinajstić information content (AvgIpc) is 2.78. The lowest BCUT2D eigenvalue weighted by molar-refractivity contribution is -0.107. The summed E-state index contributed by atoms with van der Waals surface area (Å²) in [6, 6.07) is 17.0. The second-order valence-electron chi connectivity index (χ2n) is 9.96. The summed E-state index contributed by atoms with van der Waals surface area (Å²) in [6.45, 7) is 5.71. The van der Waals surface area contributed by atoms with Gasteiger partial charge < -0.3 is 9.47 Å². The third-order valence-corrected chi connectivity index (χ3v) is 8.18. The second kappa shape index (κ2) is 8.94. The molecule has 7 atom stereocenters. The molecule has 0 amide bonds. The maximum Gasteiger partial charge on any atom is 0.120 e. The summed E-state index contributed by atoms with van der Waals surface area (Å²) in [4.78, 5) is 0. The molecule has 0 bridgehead atoms. The summed E-state index contributed by atoms with van der Waals surface area (Å²) in [6.07, 6.45) is 4.15. The first-order chi connectivity index (χ1) is 15.1. The number of fused-ring (bicyclic) bond motifs is 5. The highest BCUT2D eigenvalue weighted by atomic mass is 19.1. The van der Waals surface area contributed by atoms with Crippen LogP contribution in [0.25, 0.3) is 0 Å². The van der Waals surface area contributed by atoms with Gasteiger partial charge in [0.15, 0.2) is 0 Å². The Kier molecular flexibility index (Phi) is 6.05.